The van der Waals surface area contributed by atoms with Crippen molar-refractivity contribution < 1.29 is 4.79 Å². The van der Waals surface area contributed by atoms with Crippen LogP contribution in [0.15, 0.2) is 48.2 Å². The molecule has 5 heteroatoms. The fourth-order valence-electron chi connectivity index (χ4n) is 2.23. The van der Waals surface area contributed by atoms with Gasteiger partial charge in [0.05, 0.1) is 5.69 Å². The highest BCUT2D eigenvalue weighted by molar-refractivity contribution is 7.80. The first-order chi connectivity index (χ1) is 10.1. The van der Waals surface area contributed by atoms with Gasteiger partial charge in [-0.25, -0.2) is 0 Å². The highest BCUT2D eigenvalue weighted by atomic mass is 32.1. The highest BCUT2D eigenvalue weighted by Gasteiger charge is 2.36. The minimum atomic E-state index is -0.0836. The number of carbonyl (C=O) groups excluding carboxylic acids is 1. The van der Waals surface area contributed by atoms with E-state index in [0.717, 1.165) is 10.6 Å². The van der Waals surface area contributed by atoms with Crippen molar-refractivity contribution in [2.45, 2.75) is 6.92 Å². The molecule has 0 atom stereocenters. The number of rotatable bonds is 2. The Bertz CT molecular complexity index is 734. The number of anilines is 1. The quantitative estimate of drug-likeness (QED) is 0.624. The molecule has 3 rings (SSSR count). The summed E-state index contributed by atoms with van der Waals surface area (Å²) >= 11 is 7.07. The third kappa shape index (κ3) is 2.50. The monoisotopic (exact) mass is 314 g/mol. The van der Waals surface area contributed by atoms with Crippen LogP contribution in [-0.4, -0.2) is 23.0 Å². The smallest absolute Gasteiger partial charge is 0.281 e. The molecule has 0 unspecified atom stereocenters. The molecule has 0 bridgehead atoms. The van der Waals surface area contributed by atoms with Crippen molar-refractivity contribution in [2.75, 3.05) is 11.9 Å². The molecular formula is C16H14N2OS2. The third-order valence-electron chi connectivity index (χ3n) is 3.32. The summed E-state index contributed by atoms with van der Waals surface area (Å²) in [5.41, 5.74) is 1.40. The Kier molecular flexibility index (Phi) is 3.61. The molecule has 1 aromatic heterocycles. The lowest BCUT2D eigenvalue weighted by Crippen LogP contribution is -2.30. The second kappa shape index (κ2) is 5.42. The Morgan fingerprint density at radius 2 is 1.86 bits per heavy atom. The van der Waals surface area contributed by atoms with Crippen molar-refractivity contribution in [3.63, 3.8) is 0 Å². The number of nitrogens with zero attached hydrogens (tertiary/aromatic N) is 2. The molecule has 1 aliphatic rings. The lowest BCUT2D eigenvalue weighted by molar-refractivity contribution is -0.114. The van der Waals surface area contributed by atoms with Crippen LogP contribution in [0.1, 0.15) is 9.75 Å². The zero-order valence-electron chi connectivity index (χ0n) is 11.7. The molecule has 2 heterocycles. The van der Waals surface area contributed by atoms with E-state index < -0.39 is 0 Å². The second-order valence-corrected chi connectivity index (χ2v) is 6.48. The summed E-state index contributed by atoms with van der Waals surface area (Å²) in [4.78, 5) is 18.3. The Hall–Kier alpha value is -1.98. The van der Waals surface area contributed by atoms with Crippen molar-refractivity contribution in [1.29, 1.82) is 0 Å². The van der Waals surface area contributed by atoms with E-state index in [0.29, 0.717) is 10.8 Å². The van der Waals surface area contributed by atoms with E-state index in [1.54, 1.807) is 21.1 Å². The number of thiophene rings is 1. The summed E-state index contributed by atoms with van der Waals surface area (Å²) in [6, 6.07) is 13.5. The molecule has 1 fully saturated rings. The van der Waals surface area contributed by atoms with Gasteiger partial charge in [0.25, 0.3) is 5.91 Å². The predicted octanol–water partition coefficient (Wildman–Crippen LogP) is 3.66. The van der Waals surface area contributed by atoms with Gasteiger partial charge in [0.1, 0.15) is 5.70 Å². The lowest BCUT2D eigenvalue weighted by atomic mass is 10.3. The number of likely N-dealkylation sites (N-methyl/N-ethyl adjacent to an activating group) is 1. The highest BCUT2D eigenvalue weighted by Crippen LogP contribution is 2.28. The lowest BCUT2D eigenvalue weighted by Gasteiger charge is -2.16. The maximum Gasteiger partial charge on any atom is 0.281 e. The van der Waals surface area contributed by atoms with Gasteiger partial charge in [-0.3, -0.25) is 9.69 Å². The number of hydrogen-bond donors (Lipinski definition) is 0. The van der Waals surface area contributed by atoms with Crippen molar-refractivity contribution >= 4 is 46.3 Å². The summed E-state index contributed by atoms with van der Waals surface area (Å²) in [6.45, 7) is 2.05. The van der Waals surface area contributed by atoms with E-state index >= 15 is 0 Å². The van der Waals surface area contributed by atoms with E-state index in [4.69, 9.17) is 12.2 Å². The summed E-state index contributed by atoms with van der Waals surface area (Å²) in [6.07, 6.45) is 1.90. The average Bonchev–Trinajstić information content (AvgIpc) is 2.98. The zero-order chi connectivity index (χ0) is 15.0. The number of amides is 1. The SMILES string of the molecule is Cc1ccc(/C=C2/C(=O)N(c3ccccc3)C(=S)N2C)s1. The first kappa shape index (κ1) is 14.0. The zero-order valence-corrected chi connectivity index (χ0v) is 13.4. The van der Waals surface area contributed by atoms with Crippen molar-refractivity contribution in [2.24, 2.45) is 0 Å². The third-order valence-corrected chi connectivity index (χ3v) is 4.72. The number of aryl methyl sites for hydroxylation is 1. The fraction of sp³-hybridized carbons (Fsp3) is 0.125. The van der Waals surface area contributed by atoms with Crippen LogP contribution in [-0.2, 0) is 4.79 Å². The van der Waals surface area contributed by atoms with Gasteiger partial charge in [-0.05, 0) is 49.5 Å². The molecule has 0 spiro atoms. The Morgan fingerprint density at radius 1 is 1.14 bits per heavy atom. The molecule has 1 aromatic carbocycles. The van der Waals surface area contributed by atoms with Crippen molar-refractivity contribution in [3.05, 3.63) is 57.9 Å². The molecule has 21 heavy (non-hydrogen) atoms. The van der Waals surface area contributed by atoms with Gasteiger partial charge in [-0.15, -0.1) is 11.3 Å². The second-order valence-electron chi connectivity index (χ2n) is 4.80. The van der Waals surface area contributed by atoms with Crippen LogP contribution >= 0.6 is 23.6 Å². The number of benzene rings is 1. The van der Waals surface area contributed by atoms with E-state index in [9.17, 15) is 4.79 Å². The van der Waals surface area contributed by atoms with Crippen LogP contribution in [0, 0.1) is 6.92 Å². The molecule has 0 aliphatic carbocycles. The maximum absolute atomic E-state index is 12.7. The minimum absolute atomic E-state index is 0.0836. The van der Waals surface area contributed by atoms with E-state index in [-0.39, 0.29) is 5.91 Å². The summed E-state index contributed by atoms with van der Waals surface area (Å²) in [5, 5.41) is 0.505. The Morgan fingerprint density at radius 3 is 2.48 bits per heavy atom. The molecule has 2 aromatic rings. The first-order valence-corrected chi connectivity index (χ1v) is 7.76. The molecule has 1 aliphatic heterocycles. The molecule has 1 amide bonds. The van der Waals surface area contributed by atoms with Crippen molar-refractivity contribution in [1.82, 2.24) is 4.90 Å². The van der Waals surface area contributed by atoms with Crippen LogP contribution in [0.2, 0.25) is 0 Å². The van der Waals surface area contributed by atoms with Gasteiger partial charge < -0.3 is 4.90 Å². The normalized spacial score (nSPS) is 17.1. The molecule has 0 N–H and O–H groups in total. The van der Waals surface area contributed by atoms with E-state index in [1.807, 2.05) is 62.5 Å². The fourth-order valence-corrected chi connectivity index (χ4v) is 3.33. The molecule has 1 saturated heterocycles. The summed E-state index contributed by atoms with van der Waals surface area (Å²) in [5.74, 6) is -0.0836. The summed E-state index contributed by atoms with van der Waals surface area (Å²) in [7, 11) is 1.83. The molecule has 106 valence electrons. The van der Waals surface area contributed by atoms with Crippen LogP contribution in [0.5, 0.6) is 0 Å². The number of carbonyl (C=O) groups is 1. The molecular weight excluding hydrogens is 300 g/mol. The minimum Gasteiger partial charge on any atom is -0.317 e. The van der Waals surface area contributed by atoms with Crippen LogP contribution in [0.25, 0.3) is 6.08 Å². The molecule has 0 radical (unpaired) electrons. The van der Waals surface area contributed by atoms with Gasteiger partial charge in [0.15, 0.2) is 5.11 Å². The Labute approximate surface area is 133 Å². The standard InChI is InChI=1S/C16H14N2OS2/c1-11-8-9-13(21-11)10-14-15(19)18(16(20)17(14)2)12-6-4-3-5-7-12/h3-10H,1-2H3/b14-10-. The van der Waals surface area contributed by atoms with Gasteiger partial charge >= 0.3 is 0 Å². The topological polar surface area (TPSA) is 23.6 Å². The number of para-hydroxylation sites is 1. The van der Waals surface area contributed by atoms with Crippen LogP contribution in [0.3, 0.4) is 0 Å². The van der Waals surface area contributed by atoms with Gasteiger partial charge in [-0.2, -0.15) is 0 Å². The van der Waals surface area contributed by atoms with Crippen LogP contribution < -0.4 is 4.90 Å². The first-order valence-electron chi connectivity index (χ1n) is 6.53. The van der Waals surface area contributed by atoms with E-state index in [1.165, 1.54) is 4.88 Å². The van der Waals surface area contributed by atoms with Crippen molar-refractivity contribution in [3.8, 4) is 0 Å². The van der Waals surface area contributed by atoms with Gasteiger partial charge in [0.2, 0.25) is 0 Å². The molecule has 3 nitrogen and oxygen atoms in total. The maximum atomic E-state index is 12.7. The average molecular weight is 314 g/mol. The van der Waals surface area contributed by atoms with E-state index in [2.05, 4.69) is 0 Å². The predicted molar refractivity (Wildman–Crippen MR) is 91.3 cm³/mol. The van der Waals surface area contributed by atoms with Gasteiger partial charge in [-0.1, -0.05) is 18.2 Å². The van der Waals surface area contributed by atoms with Gasteiger partial charge in [0, 0.05) is 16.8 Å². The number of hydrogen-bond acceptors (Lipinski definition) is 3. The number of thiocarbonyl (C=S) groups is 1. The Balaban J connectivity index is 2.00. The van der Waals surface area contributed by atoms with Crippen LogP contribution in [0.4, 0.5) is 5.69 Å². The molecule has 0 saturated carbocycles. The largest absolute Gasteiger partial charge is 0.317 e. The summed E-state index contributed by atoms with van der Waals surface area (Å²) < 4.78 is 0.